The van der Waals surface area contributed by atoms with Crippen LogP contribution in [-0.4, -0.2) is 11.1 Å². The summed E-state index contributed by atoms with van der Waals surface area (Å²) in [4.78, 5) is 12.4. The SMILES string of the molecule is CC(C)=CC1(c2cccc(Oc3ccccc3)c2)C(C)(CC#N)C1(C)C(=O)O. The smallest absolute Gasteiger partial charge is 0.311 e. The molecule has 0 aliphatic heterocycles. The van der Waals surface area contributed by atoms with Crippen LogP contribution in [0, 0.1) is 22.2 Å². The van der Waals surface area contributed by atoms with Crippen LogP contribution >= 0.6 is 0 Å². The summed E-state index contributed by atoms with van der Waals surface area (Å²) in [5.74, 6) is 0.466. The number of ether oxygens (including phenoxy) is 1. The van der Waals surface area contributed by atoms with Crippen LogP contribution in [0.15, 0.2) is 66.2 Å². The first kappa shape index (κ1) is 19.7. The number of benzene rings is 2. The van der Waals surface area contributed by atoms with E-state index in [2.05, 4.69) is 6.07 Å². The normalized spacial score (nSPS) is 28.1. The van der Waals surface area contributed by atoms with Gasteiger partial charge in [0.2, 0.25) is 0 Å². The van der Waals surface area contributed by atoms with Crippen molar-refractivity contribution in [3.63, 3.8) is 0 Å². The maximum Gasteiger partial charge on any atom is 0.311 e. The summed E-state index contributed by atoms with van der Waals surface area (Å²) in [6.07, 6.45) is 2.17. The van der Waals surface area contributed by atoms with Crippen LogP contribution in [0.3, 0.4) is 0 Å². The molecule has 3 rings (SSSR count). The fraction of sp³-hybridized carbons (Fsp3) is 0.333. The number of nitriles is 1. The molecule has 1 fully saturated rings. The molecule has 0 radical (unpaired) electrons. The average molecular weight is 375 g/mol. The molecule has 144 valence electrons. The second-order valence-corrected chi connectivity index (χ2v) is 8.07. The number of hydrogen-bond acceptors (Lipinski definition) is 3. The number of carboxylic acids is 1. The fourth-order valence-electron chi connectivity index (χ4n) is 4.76. The van der Waals surface area contributed by atoms with Crippen LogP contribution in [0.2, 0.25) is 0 Å². The molecule has 0 spiro atoms. The Morgan fingerprint density at radius 3 is 2.32 bits per heavy atom. The summed E-state index contributed by atoms with van der Waals surface area (Å²) < 4.78 is 5.97. The molecule has 4 nitrogen and oxygen atoms in total. The number of aliphatic carboxylic acids is 1. The van der Waals surface area contributed by atoms with E-state index < -0.39 is 22.2 Å². The molecule has 1 N–H and O–H groups in total. The van der Waals surface area contributed by atoms with Gasteiger partial charge in [-0.25, -0.2) is 0 Å². The minimum Gasteiger partial charge on any atom is -0.481 e. The molecule has 0 heterocycles. The van der Waals surface area contributed by atoms with E-state index in [4.69, 9.17) is 4.74 Å². The van der Waals surface area contributed by atoms with Crippen molar-refractivity contribution in [1.82, 2.24) is 0 Å². The van der Waals surface area contributed by atoms with Crippen LogP contribution in [0.1, 0.15) is 39.7 Å². The second kappa shape index (κ2) is 6.83. The Morgan fingerprint density at radius 1 is 1.11 bits per heavy atom. The van der Waals surface area contributed by atoms with Gasteiger partial charge < -0.3 is 9.84 Å². The van der Waals surface area contributed by atoms with Gasteiger partial charge in [-0.15, -0.1) is 0 Å². The van der Waals surface area contributed by atoms with Gasteiger partial charge in [0, 0.05) is 17.3 Å². The quantitative estimate of drug-likeness (QED) is 0.657. The molecular formula is C24H25NO3. The van der Waals surface area contributed by atoms with Crippen molar-refractivity contribution in [3.8, 4) is 17.6 Å². The van der Waals surface area contributed by atoms with E-state index in [0.717, 1.165) is 11.1 Å². The van der Waals surface area contributed by atoms with E-state index in [0.29, 0.717) is 11.5 Å². The van der Waals surface area contributed by atoms with E-state index in [1.807, 2.05) is 81.4 Å². The Hall–Kier alpha value is -3.06. The molecule has 1 saturated carbocycles. The predicted octanol–water partition coefficient (Wildman–Crippen LogP) is 5.71. The maximum atomic E-state index is 12.4. The largest absolute Gasteiger partial charge is 0.481 e. The molecule has 0 saturated heterocycles. The van der Waals surface area contributed by atoms with Crippen molar-refractivity contribution in [2.45, 2.75) is 39.5 Å². The fourth-order valence-corrected chi connectivity index (χ4v) is 4.76. The molecule has 2 aromatic rings. The third-order valence-electron chi connectivity index (χ3n) is 6.33. The molecule has 0 bridgehead atoms. The van der Waals surface area contributed by atoms with E-state index in [9.17, 15) is 15.2 Å². The minimum atomic E-state index is -1.08. The van der Waals surface area contributed by atoms with Crippen molar-refractivity contribution in [1.29, 1.82) is 5.26 Å². The third-order valence-corrected chi connectivity index (χ3v) is 6.33. The number of nitrogens with zero attached hydrogens (tertiary/aromatic N) is 1. The second-order valence-electron chi connectivity index (χ2n) is 8.07. The number of carboxylic acid groups (broad SMARTS) is 1. The minimum absolute atomic E-state index is 0.156. The van der Waals surface area contributed by atoms with Gasteiger partial charge >= 0.3 is 5.97 Å². The molecular weight excluding hydrogens is 350 g/mol. The molecule has 0 amide bonds. The number of rotatable bonds is 6. The highest BCUT2D eigenvalue weighted by atomic mass is 16.5. The highest BCUT2D eigenvalue weighted by molar-refractivity contribution is 5.86. The Morgan fingerprint density at radius 2 is 1.75 bits per heavy atom. The van der Waals surface area contributed by atoms with Gasteiger partial charge in [-0.1, -0.05) is 48.9 Å². The summed E-state index contributed by atoms with van der Waals surface area (Å²) in [5, 5.41) is 19.5. The number of para-hydroxylation sites is 1. The lowest BCUT2D eigenvalue weighted by Crippen LogP contribution is -2.22. The Bertz CT molecular complexity index is 971. The van der Waals surface area contributed by atoms with Crippen molar-refractivity contribution in [2.24, 2.45) is 10.8 Å². The first-order valence-electron chi connectivity index (χ1n) is 9.33. The average Bonchev–Trinajstić information content (AvgIpc) is 3.07. The Balaban J connectivity index is 2.15. The zero-order chi connectivity index (χ0) is 20.6. The maximum absolute atomic E-state index is 12.4. The summed E-state index contributed by atoms with van der Waals surface area (Å²) in [7, 11) is 0. The third kappa shape index (κ3) is 2.62. The van der Waals surface area contributed by atoms with E-state index in [-0.39, 0.29) is 6.42 Å². The number of carbonyl (C=O) groups is 1. The molecule has 0 aromatic heterocycles. The van der Waals surface area contributed by atoms with Crippen molar-refractivity contribution < 1.29 is 14.6 Å². The summed E-state index contributed by atoms with van der Waals surface area (Å²) in [6.45, 7) is 7.56. The molecule has 2 aromatic carbocycles. The Kier molecular flexibility index (Phi) is 4.81. The summed E-state index contributed by atoms with van der Waals surface area (Å²) in [6, 6.07) is 19.2. The molecule has 1 aliphatic carbocycles. The van der Waals surface area contributed by atoms with Gasteiger partial charge in [-0.3, -0.25) is 4.79 Å². The Labute approximate surface area is 166 Å². The van der Waals surface area contributed by atoms with Crippen molar-refractivity contribution in [3.05, 3.63) is 71.8 Å². The lowest BCUT2D eigenvalue weighted by molar-refractivity contribution is -0.144. The van der Waals surface area contributed by atoms with E-state index in [1.165, 1.54) is 0 Å². The van der Waals surface area contributed by atoms with Crippen LogP contribution < -0.4 is 4.74 Å². The van der Waals surface area contributed by atoms with Gasteiger partial charge in [0.25, 0.3) is 0 Å². The first-order chi connectivity index (χ1) is 13.2. The predicted molar refractivity (Wildman–Crippen MR) is 108 cm³/mol. The van der Waals surface area contributed by atoms with Gasteiger partial charge in [0.05, 0.1) is 11.5 Å². The highest BCUT2D eigenvalue weighted by Gasteiger charge is 2.85. The molecule has 3 unspecified atom stereocenters. The van der Waals surface area contributed by atoms with Crippen LogP contribution in [0.4, 0.5) is 0 Å². The lowest BCUT2D eigenvalue weighted by atomic mass is 9.83. The van der Waals surface area contributed by atoms with Gasteiger partial charge in [-0.05, 0) is 50.6 Å². The van der Waals surface area contributed by atoms with Gasteiger partial charge in [-0.2, -0.15) is 5.26 Å². The molecule has 28 heavy (non-hydrogen) atoms. The van der Waals surface area contributed by atoms with Crippen LogP contribution in [0.5, 0.6) is 11.5 Å². The monoisotopic (exact) mass is 375 g/mol. The number of hydrogen-bond donors (Lipinski definition) is 1. The lowest BCUT2D eigenvalue weighted by Gasteiger charge is -2.21. The zero-order valence-electron chi connectivity index (χ0n) is 16.7. The number of allylic oxidation sites excluding steroid dienone is 2. The van der Waals surface area contributed by atoms with Crippen molar-refractivity contribution >= 4 is 5.97 Å². The van der Waals surface area contributed by atoms with E-state index in [1.54, 1.807) is 6.92 Å². The molecule has 1 aliphatic rings. The standard InChI is InChI=1S/C24H25NO3/c1-17(2)16-24(22(3,13-14-25)23(24,4)21(26)27)18-9-8-12-20(15-18)28-19-10-6-5-7-11-19/h5-12,15-16H,13H2,1-4H3,(H,26,27). The van der Waals surface area contributed by atoms with Gasteiger partial charge in [0.15, 0.2) is 0 Å². The van der Waals surface area contributed by atoms with Crippen LogP contribution in [0.25, 0.3) is 0 Å². The summed E-state index contributed by atoms with van der Waals surface area (Å²) in [5.41, 5.74) is -0.716. The zero-order valence-corrected chi connectivity index (χ0v) is 16.7. The summed E-state index contributed by atoms with van der Waals surface area (Å²) >= 11 is 0. The van der Waals surface area contributed by atoms with Crippen LogP contribution in [-0.2, 0) is 10.2 Å². The van der Waals surface area contributed by atoms with Gasteiger partial charge in [0.1, 0.15) is 11.5 Å². The van der Waals surface area contributed by atoms with Crippen molar-refractivity contribution in [2.75, 3.05) is 0 Å². The van der Waals surface area contributed by atoms with E-state index >= 15 is 0 Å². The highest BCUT2D eigenvalue weighted by Crippen LogP contribution is 2.80. The molecule has 3 atom stereocenters. The molecule has 4 heteroatoms. The topological polar surface area (TPSA) is 70.3 Å². The first-order valence-corrected chi connectivity index (χ1v) is 9.33.